The van der Waals surface area contributed by atoms with Crippen LogP contribution in [-0.4, -0.2) is 27.5 Å². The number of para-hydroxylation sites is 1. The van der Waals surface area contributed by atoms with E-state index >= 15 is 0 Å². The highest BCUT2D eigenvalue weighted by atomic mass is 32.2. The Labute approximate surface area is 101 Å². The molecule has 1 saturated heterocycles. The third-order valence-electron chi connectivity index (χ3n) is 3.05. The monoisotopic (exact) mass is 255 g/mol. The second-order valence-electron chi connectivity index (χ2n) is 4.34. The number of benzene rings is 1. The zero-order valence-corrected chi connectivity index (χ0v) is 10.4. The topological polar surface area (TPSA) is 89.4 Å². The molecule has 1 fully saturated rings. The minimum Gasteiger partial charge on any atom is -0.370 e. The molecular weight excluding hydrogens is 238 g/mol. The molecule has 1 aromatic rings. The van der Waals surface area contributed by atoms with Gasteiger partial charge in [0.1, 0.15) is 4.90 Å². The molecular formula is C11H17N3O2S. The van der Waals surface area contributed by atoms with Crippen molar-refractivity contribution < 1.29 is 8.42 Å². The number of hydrogen-bond donors (Lipinski definition) is 2. The van der Waals surface area contributed by atoms with Crippen molar-refractivity contribution in [2.24, 2.45) is 10.9 Å². The molecule has 0 unspecified atom stereocenters. The van der Waals surface area contributed by atoms with Crippen LogP contribution >= 0.6 is 0 Å². The van der Waals surface area contributed by atoms with Crippen molar-refractivity contribution in [3.63, 3.8) is 0 Å². The minimum absolute atomic E-state index is 0.190. The minimum atomic E-state index is -3.67. The van der Waals surface area contributed by atoms with Gasteiger partial charge in [0.05, 0.1) is 5.69 Å². The Morgan fingerprint density at radius 3 is 2.35 bits per heavy atom. The quantitative estimate of drug-likeness (QED) is 0.793. The normalized spacial score (nSPS) is 18.4. The summed E-state index contributed by atoms with van der Waals surface area (Å²) in [5.41, 5.74) is 6.51. The van der Waals surface area contributed by atoms with Crippen LogP contribution in [0.15, 0.2) is 29.2 Å². The van der Waals surface area contributed by atoms with Crippen LogP contribution in [0.2, 0.25) is 0 Å². The van der Waals surface area contributed by atoms with Gasteiger partial charge in [0.25, 0.3) is 0 Å². The van der Waals surface area contributed by atoms with Crippen molar-refractivity contribution in [3.8, 4) is 0 Å². The van der Waals surface area contributed by atoms with Gasteiger partial charge in [-0.3, -0.25) is 0 Å². The Bertz CT molecular complexity index is 493. The van der Waals surface area contributed by atoms with Gasteiger partial charge in [0, 0.05) is 19.1 Å². The van der Waals surface area contributed by atoms with Crippen LogP contribution < -0.4 is 15.8 Å². The Morgan fingerprint density at radius 2 is 1.76 bits per heavy atom. The smallest absolute Gasteiger partial charge is 0.240 e. The van der Waals surface area contributed by atoms with Gasteiger partial charge in [-0.2, -0.15) is 0 Å². The third kappa shape index (κ3) is 2.77. The molecule has 1 heterocycles. The molecule has 1 aliphatic heterocycles. The molecule has 0 atom stereocenters. The molecule has 1 aliphatic rings. The van der Waals surface area contributed by atoms with Gasteiger partial charge in [-0.25, -0.2) is 13.6 Å². The number of primary sulfonamides is 1. The zero-order valence-electron chi connectivity index (χ0n) is 9.54. The van der Waals surface area contributed by atoms with Crippen molar-refractivity contribution in [3.05, 3.63) is 24.3 Å². The Kier molecular flexibility index (Phi) is 3.37. The second-order valence-corrected chi connectivity index (χ2v) is 5.87. The first-order chi connectivity index (χ1) is 7.98. The van der Waals surface area contributed by atoms with Crippen molar-refractivity contribution in [1.29, 1.82) is 0 Å². The first-order valence-corrected chi connectivity index (χ1v) is 7.15. The zero-order chi connectivity index (χ0) is 12.5. The number of nitrogens with zero attached hydrogens (tertiary/aromatic N) is 1. The molecule has 17 heavy (non-hydrogen) atoms. The number of sulfonamides is 1. The van der Waals surface area contributed by atoms with E-state index in [0.717, 1.165) is 25.9 Å². The van der Waals surface area contributed by atoms with Crippen molar-refractivity contribution in [1.82, 2.24) is 0 Å². The van der Waals surface area contributed by atoms with E-state index in [4.69, 9.17) is 10.9 Å². The summed E-state index contributed by atoms with van der Waals surface area (Å²) in [7, 11) is -3.67. The molecule has 2 rings (SSSR count). The molecule has 0 saturated carbocycles. The highest BCUT2D eigenvalue weighted by molar-refractivity contribution is 7.89. The summed E-state index contributed by atoms with van der Waals surface area (Å²) < 4.78 is 23.0. The predicted molar refractivity (Wildman–Crippen MR) is 67.2 cm³/mol. The van der Waals surface area contributed by atoms with E-state index in [9.17, 15) is 8.42 Å². The van der Waals surface area contributed by atoms with Gasteiger partial charge in [-0.05, 0) is 25.0 Å². The van der Waals surface area contributed by atoms with E-state index in [2.05, 4.69) is 0 Å². The van der Waals surface area contributed by atoms with Gasteiger partial charge in [-0.1, -0.05) is 12.1 Å². The first kappa shape index (κ1) is 12.3. The van der Waals surface area contributed by atoms with E-state index in [1.54, 1.807) is 18.2 Å². The maximum atomic E-state index is 11.5. The highest BCUT2D eigenvalue weighted by Gasteiger charge is 2.21. The van der Waals surface area contributed by atoms with Crippen molar-refractivity contribution >= 4 is 15.7 Å². The average molecular weight is 255 g/mol. The maximum Gasteiger partial charge on any atom is 0.240 e. The number of piperidine rings is 1. The van der Waals surface area contributed by atoms with Crippen LogP contribution in [0.5, 0.6) is 0 Å². The van der Waals surface area contributed by atoms with Crippen LogP contribution in [0, 0.1) is 0 Å². The van der Waals surface area contributed by atoms with Crippen molar-refractivity contribution in [2.45, 2.75) is 23.8 Å². The number of hydrogen-bond acceptors (Lipinski definition) is 4. The van der Waals surface area contributed by atoms with Crippen LogP contribution in [0.25, 0.3) is 0 Å². The molecule has 0 radical (unpaired) electrons. The number of rotatable bonds is 2. The number of anilines is 1. The lowest BCUT2D eigenvalue weighted by molar-refractivity contribution is 0.499. The highest BCUT2D eigenvalue weighted by Crippen LogP contribution is 2.26. The lowest BCUT2D eigenvalue weighted by Crippen LogP contribution is -2.40. The van der Waals surface area contributed by atoms with E-state index in [1.807, 2.05) is 11.0 Å². The van der Waals surface area contributed by atoms with E-state index in [1.165, 1.54) is 0 Å². The molecule has 0 spiro atoms. The fourth-order valence-electron chi connectivity index (χ4n) is 2.10. The molecule has 0 aliphatic carbocycles. The molecule has 1 aromatic carbocycles. The molecule has 6 heteroatoms. The molecule has 0 bridgehead atoms. The predicted octanol–water partition coefficient (Wildman–Crippen LogP) is 0.261. The van der Waals surface area contributed by atoms with Gasteiger partial charge >= 0.3 is 0 Å². The van der Waals surface area contributed by atoms with Gasteiger partial charge in [0.2, 0.25) is 10.0 Å². The van der Waals surface area contributed by atoms with Crippen LogP contribution in [-0.2, 0) is 10.0 Å². The molecule has 4 N–H and O–H groups in total. The van der Waals surface area contributed by atoms with Gasteiger partial charge < -0.3 is 10.6 Å². The lowest BCUT2D eigenvalue weighted by Gasteiger charge is -2.32. The summed E-state index contributed by atoms with van der Waals surface area (Å²) in [6.07, 6.45) is 1.75. The Hall–Kier alpha value is -1.11. The summed E-state index contributed by atoms with van der Waals surface area (Å²) >= 11 is 0. The molecule has 5 nitrogen and oxygen atoms in total. The van der Waals surface area contributed by atoms with Gasteiger partial charge in [0.15, 0.2) is 0 Å². The first-order valence-electron chi connectivity index (χ1n) is 5.61. The summed E-state index contributed by atoms with van der Waals surface area (Å²) in [6.45, 7) is 1.54. The second kappa shape index (κ2) is 4.64. The molecule has 94 valence electrons. The standard InChI is InChI=1S/C11H17N3O2S/c12-9-5-7-14(8-6-9)10-3-1-2-4-11(10)17(13,15)16/h1-4,9H,5-8,12H2,(H2,13,15,16). The summed E-state index contributed by atoms with van der Waals surface area (Å²) in [6, 6.07) is 7.04. The van der Waals surface area contributed by atoms with Crippen LogP contribution in [0.4, 0.5) is 5.69 Å². The fraction of sp³-hybridized carbons (Fsp3) is 0.455. The van der Waals surface area contributed by atoms with Crippen LogP contribution in [0.1, 0.15) is 12.8 Å². The Morgan fingerprint density at radius 1 is 1.18 bits per heavy atom. The summed E-state index contributed by atoms with van der Waals surface area (Å²) in [5.74, 6) is 0. The summed E-state index contributed by atoms with van der Waals surface area (Å²) in [4.78, 5) is 2.22. The lowest BCUT2D eigenvalue weighted by atomic mass is 10.1. The Balaban J connectivity index is 2.33. The largest absolute Gasteiger partial charge is 0.370 e. The van der Waals surface area contributed by atoms with E-state index in [-0.39, 0.29) is 10.9 Å². The fourth-order valence-corrected chi connectivity index (χ4v) is 2.86. The van der Waals surface area contributed by atoms with E-state index in [0.29, 0.717) is 5.69 Å². The SMILES string of the molecule is NC1CCN(c2ccccc2S(N)(=O)=O)CC1. The summed E-state index contributed by atoms with van der Waals surface area (Å²) in [5, 5.41) is 5.21. The molecule has 0 aromatic heterocycles. The third-order valence-corrected chi connectivity index (χ3v) is 4.01. The molecule has 0 amide bonds. The van der Waals surface area contributed by atoms with Crippen molar-refractivity contribution in [2.75, 3.05) is 18.0 Å². The number of nitrogens with two attached hydrogens (primary N) is 2. The average Bonchev–Trinajstić information content (AvgIpc) is 2.29. The van der Waals surface area contributed by atoms with Crippen LogP contribution in [0.3, 0.4) is 0 Å². The van der Waals surface area contributed by atoms with Gasteiger partial charge in [-0.15, -0.1) is 0 Å². The van der Waals surface area contributed by atoms with E-state index < -0.39 is 10.0 Å². The maximum absolute atomic E-state index is 11.5.